The van der Waals surface area contributed by atoms with Gasteiger partial charge in [-0.3, -0.25) is 9.10 Å². The lowest BCUT2D eigenvalue weighted by molar-refractivity contribution is -0.119. The monoisotopic (exact) mass is 512 g/mol. The molecular formula is C27H32N2O4S2. The molecule has 35 heavy (non-hydrogen) atoms. The summed E-state index contributed by atoms with van der Waals surface area (Å²) >= 11 is 1.72. The first-order chi connectivity index (χ1) is 16.8. The van der Waals surface area contributed by atoms with Crippen LogP contribution < -0.4 is 14.4 Å². The Morgan fingerprint density at radius 2 is 1.71 bits per heavy atom. The summed E-state index contributed by atoms with van der Waals surface area (Å²) in [6.07, 6.45) is 0. The minimum Gasteiger partial charge on any atom is -0.492 e. The molecule has 3 aromatic carbocycles. The van der Waals surface area contributed by atoms with Crippen molar-refractivity contribution in [2.45, 2.75) is 31.4 Å². The second-order valence-electron chi connectivity index (χ2n) is 8.12. The van der Waals surface area contributed by atoms with Crippen LogP contribution in [0.3, 0.4) is 0 Å². The van der Waals surface area contributed by atoms with Gasteiger partial charge in [0, 0.05) is 18.1 Å². The molecule has 0 aliphatic carbocycles. The fourth-order valence-corrected chi connectivity index (χ4v) is 5.76. The smallest absolute Gasteiger partial charge is 0.264 e. The van der Waals surface area contributed by atoms with Gasteiger partial charge in [-0.15, -0.1) is 0 Å². The highest BCUT2D eigenvalue weighted by atomic mass is 32.2. The summed E-state index contributed by atoms with van der Waals surface area (Å²) < 4.78 is 34.0. The number of nitrogens with one attached hydrogen (secondary N) is 1. The van der Waals surface area contributed by atoms with Gasteiger partial charge in [0.25, 0.3) is 10.0 Å². The molecule has 0 saturated carbocycles. The van der Waals surface area contributed by atoms with Gasteiger partial charge < -0.3 is 10.1 Å². The number of aryl methyl sites for hydroxylation is 2. The molecule has 0 fully saturated rings. The van der Waals surface area contributed by atoms with Crippen molar-refractivity contribution in [2.75, 3.05) is 29.8 Å². The SMILES string of the molecule is CCOc1ccccc1N(CC(=O)NCCSCc1cccc(C)c1)S(=O)(=O)c1ccc(C)cc1. The second-order valence-corrected chi connectivity index (χ2v) is 11.1. The minimum absolute atomic E-state index is 0.121. The van der Waals surface area contributed by atoms with E-state index in [9.17, 15) is 13.2 Å². The van der Waals surface area contributed by atoms with Gasteiger partial charge in [-0.05, 0) is 50.6 Å². The van der Waals surface area contributed by atoms with Crippen molar-refractivity contribution >= 4 is 33.4 Å². The molecule has 0 radical (unpaired) electrons. The molecule has 0 spiro atoms. The summed E-state index contributed by atoms with van der Waals surface area (Å²) in [5, 5.41) is 2.86. The van der Waals surface area contributed by atoms with E-state index in [2.05, 4.69) is 30.4 Å². The van der Waals surface area contributed by atoms with E-state index in [1.54, 1.807) is 60.3 Å². The van der Waals surface area contributed by atoms with E-state index in [-0.39, 0.29) is 17.3 Å². The summed E-state index contributed by atoms with van der Waals surface area (Å²) in [7, 11) is -3.99. The van der Waals surface area contributed by atoms with Gasteiger partial charge in [0.1, 0.15) is 12.3 Å². The van der Waals surface area contributed by atoms with Crippen LogP contribution >= 0.6 is 11.8 Å². The normalized spacial score (nSPS) is 11.2. The molecule has 0 aromatic heterocycles. The molecule has 0 atom stereocenters. The maximum absolute atomic E-state index is 13.6. The summed E-state index contributed by atoms with van der Waals surface area (Å²) in [4.78, 5) is 13.0. The number of rotatable bonds is 12. The standard InChI is InChI=1S/C27H32N2O4S2/c1-4-33-26-11-6-5-10-25(26)29(35(31,32)24-14-12-21(2)13-15-24)19-27(30)28-16-17-34-20-23-9-7-8-22(3)18-23/h5-15,18H,4,16-17,19-20H2,1-3H3,(H,28,30). The Labute approximate surface area is 212 Å². The zero-order chi connectivity index (χ0) is 25.3. The van der Waals surface area contributed by atoms with Crippen LogP contribution in [0.25, 0.3) is 0 Å². The van der Waals surface area contributed by atoms with Crippen LogP contribution in [-0.2, 0) is 20.6 Å². The van der Waals surface area contributed by atoms with Crippen LogP contribution in [0.1, 0.15) is 23.6 Å². The molecule has 186 valence electrons. The Morgan fingerprint density at radius 3 is 2.43 bits per heavy atom. The first-order valence-electron chi connectivity index (χ1n) is 11.5. The van der Waals surface area contributed by atoms with E-state index in [0.717, 1.165) is 21.4 Å². The average molecular weight is 513 g/mol. The van der Waals surface area contributed by atoms with E-state index in [1.807, 2.05) is 19.9 Å². The van der Waals surface area contributed by atoms with E-state index in [0.29, 0.717) is 24.6 Å². The van der Waals surface area contributed by atoms with E-state index in [1.165, 1.54) is 11.1 Å². The van der Waals surface area contributed by atoms with E-state index < -0.39 is 10.0 Å². The number of sulfonamides is 1. The number of nitrogens with zero attached hydrogens (tertiary/aromatic N) is 1. The van der Waals surface area contributed by atoms with Gasteiger partial charge in [0.05, 0.1) is 17.2 Å². The molecule has 0 aliphatic heterocycles. The Morgan fingerprint density at radius 1 is 0.971 bits per heavy atom. The highest BCUT2D eigenvalue weighted by Gasteiger charge is 2.29. The summed E-state index contributed by atoms with van der Waals surface area (Å²) in [6.45, 7) is 6.26. The lowest BCUT2D eigenvalue weighted by Gasteiger charge is -2.26. The minimum atomic E-state index is -3.99. The fraction of sp³-hybridized carbons (Fsp3) is 0.296. The van der Waals surface area contributed by atoms with Gasteiger partial charge in [-0.25, -0.2) is 8.42 Å². The highest BCUT2D eigenvalue weighted by molar-refractivity contribution is 7.98. The molecule has 0 bridgehead atoms. The van der Waals surface area contributed by atoms with Gasteiger partial charge >= 0.3 is 0 Å². The van der Waals surface area contributed by atoms with Crippen LogP contribution in [-0.4, -0.2) is 39.8 Å². The van der Waals surface area contributed by atoms with Gasteiger partial charge in [0.2, 0.25) is 5.91 Å². The molecule has 1 amide bonds. The largest absolute Gasteiger partial charge is 0.492 e. The molecule has 6 nitrogen and oxygen atoms in total. The number of ether oxygens (including phenoxy) is 1. The number of benzene rings is 3. The van der Waals surface area contributed by atoms with Crippen molar-refractivity contribution in [1.29, 1.82) is 0 Å². The average Bonchev–Trinajstić information content (AvgIpc) is 2.83. The highest BCUT2D eigenvalue weighted by Crippen LogP contribution is 2.32. The van der Waals surface area contributed by atoms with E-state index >= 15 is 0 Å². The van der Waals surface area contributed by atoms with Crippen molar-refractivity contribution < 1.29 is 17.9 Å². The third-order valence-corrected chi connectivity index (χ3v) is 8.05. The number of hydrogen-bond donors (Lipinski definition) is 1. The molecule has 0 aliphatic rings. The molecule has 3 rings (SSSR count). The van der Waals surface area contributed by atoms with Crippen molar-refractivity contribution in [3.8, 4) is 5.75 Å². The number of anilines is 1. The Bertz CT molecular complexity index is 1230. The van der Waals surface area contributed by atoms with Crippen molar-refractivity contribution in [3.05, 3.63) is 89.5 Å². The predicted molar refractivity (Wildman–Crippen MR) is 144 cm³/mol. The number of carbonyl (C=O) groups excluding carboxylic acids is 1. The third-order valence-electron chi connectivity index (χ3n) is 5.25. The maximum atomic E-state index is 13.6. The fourth-order valence-electron chi connectivity index (χ4n) is 3.52. The molecule has 0 unspecified atom stereocenters. The summed E-state index contributed by atoms with van der Waals surface area (Å²) in [5.74, 6) is 1.61. The lowest BCUT2D eigenvalue weighted by atomic mass is 10.2. The van der Waals surface area contributed by atoms with Crippen molar-refractivity contribution in [3.63, 3.8) is 0 Å². The first-order valence-corrected chi connectivity index (χ1v) is 14.1. The summed E-state index contributed by atoms with van der Waals surface area (Å²) in [5.41, 5.74) is 3.74. The predicted octanol–water partition coefficient (Wildman–Crippen LogP) is 4.95. The number of thioether (sulfide) groups is 1. The van der Waals surface area contributed by atoms with Gasteiger partial charge in [-0.1, -0.05) is 59.7 Å². The van der Waals surface area contributed by atoms with Gasteiger partial charge in [-0.2, -0.15) is 11.8 Å². The van der Waals surface area contributed by atoms with Gasteiger partial charge in [0.15, 0.2) is 0 Å². The van der Waals surface area contributed by atoms with E-state index in [4.69, 9.17) is 4.74 Å². The second kappa shape index (κ2) is 12.7. The van der Waals surface area contributed by atoms with Crippen molar-refractivity contribution in [2.24, 2.45) is 0 Å². The zero-order valence-corrected chi connectivity index (χ0v) is 22.0. The molecule has 1 N–H and O–H groups in total. The van der Waals surface area contributed by atoms with Crippen LogP contribution in [0, 0.1) is 13.8 Å². The Hall–Kier alpha value is -2.97. The molecule has 8 heteroatoms. The molecule has 0 heterocycles. The number of para-hydroxylation sites is 2. The molecule has 3 aromatic rings. The van der Waals surface area contributed by atoms with Crippen molar-refractivity contribution in [1.82, 2.24) is 5.32 Å². The third kappa shape index (κ3) is 7.50. The Balaban J connectivity index is 1.71. The van der Waals surface area contributed by atoms with Crippen LogP contribution in [0.15, 0.2) is 77.7 Å². The number of amides is 1. The van der Waals surface area contributed by atoms with Crippen LogP contribution in [0.4, 0.5) is 5.69 Å². The lowest BCUT2D eigenvalue weighted by Crippen LogP contribution is -2.41. The number of hydrogen-bond acceptors (Lipinski definition) is 5. The Kier molecular flexibility index (Phi) is 9.63. The van der Waals surface area contributed by atoms with Crippen LogP contribution in [0.2, 0.25) is 0 Å². The molecular weight excluding hydrogens is 480 g/mol. The number of carbonyl (C=O) groups is 1. The zero-order valence-electron chi connectivity index (χ0n) is 20.4. The molecule has 0 saturated heterocycles. The first kappa shape index (κ1) is 26.6. The maximum Gasteiger partial charge on any atom is 0.264 e. The van der Waals surface area contributed by atoms with Crippen LogP contribution in [0.5, 0.6) is 5.75 Å². The quantitative estimate of drug-likeness (QED) is 0.348. The topological polar surface area (TPSA) is 75.7 Å². The summed E-state index contributed by atoms with van der Waals surface area (Å²) in [6, 6.07) is 21.8.